The van der Waals surface area contributed by atoms with Crippen LogP contribution in [0.5, 0.6) is 0 Å². The minimum absolute atomic E-state index is 0.00549. The Morgan fingerprint density at radius 1 is 1.35 bits per heavy atom. The summed E-state index contributed by atoms with van der Waals surface area (Å²) in [7, 11) is 0. The Bertz CT molecular complexity index is 351. The van der Waals surface area contributed by atoms with Crippen LogP contribution in [0, 0.1) is 0 Å². The molecule has 0 heterocycles. The molecule has 0 bridgehead atoms. The summed E-state index contributed by atoms with van der Waals surface area (Å²) in [5.74, 6) is -0.00549. The topological polar surface area (TPSA) is 29.1 Å². The number of rotatable bonds is 6. The number of alkyl halides is 1. The fourth-order valence-corrected chi connectivity index (χ4v) is 1.91. The van der Waals surface area contributed by atoms with E-state index in [2.05, 4.69) is 12.2 Å². The molecule has 2 nitrogen and oxygen atoms in total. The van der Waals surface area contributed by atoms with Gasteiger partial charge in [0.15, 0.2) is 0 Å². The Morgan fingerprint density at radius 2 is 2.00 bits per heavy atom. The Labute approximate surface area is 112 Å². The van der Waals surface area contributed by atoms with Crippen LogP contribution in [0.1, 0.15) is 25.3 Å². The van der Waals surface area contributed by atoms with Gasteiger partial charge < -0.3 is 5.32 Å². The average molecular weight is 274 g/mol. The Morgan fingerprint density at radius 3 is 2.59 bits per heavy atom. The minimum Gasteiger partial charge on any atom is -0.354 e. The molecule has 0 radical (unpaired) electrons. The van der Waals surface area contributed by atoms with E-state index in [4.69, 9.17) is 23.2 Å². The molecule has 0 fully saturated rings. The van der Waals surface area contributed by atoms with E-state index >= 15 is 0 Å². The van der Waals surface area contributed by atoms with E-state index in [0.717, 1.165) is 18.4 Å². The summed E-state index contributed by atoms with van der Waals surface area (Å²) in [4.78, 5) is 11.6. The van der Waals surface area contributed by atoms with Crippen molar-refractivity contribution in [2.75, 3.05) is 6.54 Å². The summed E-state index contributed by atoms with van der Waals surface area (Å²) in [5, 5.41) is 3.53. The van der Waals surface area contributed by atoms with E-state index in [1.54, 1.807) is 12.1 Å². The second kappa shape index (κ2) is 7.57. The van der Waals surface area contributed by atoms with Crippen molar-refractivity contribution in [2.24, 2.45) is 0 Å². The van der Waals surface area contributed by atoms with Gasteiger partial charge in [-0.25, -0.2) is 0 Å². The molecule has 1 amide bonds. The Balaban J connectivity index is 2.32. The highest BCUT2D eigenvalue weighted by atomic mass is 35.5. The van der Waals surface area contributed by atoms with E-state index in [1.807, 2.05) is 12.1 Å². The quantitative estimate of drug-likeness (QED) is 0.791. The molecule has 1 atom stereocenters. The van der Waals surface area contributed by atoms with Crippen LogP contribution in [-0.4, -0.2) is 17.8 Å². The molecule has 1 unspecified atom stereocenters. The van der Waals surface area contributed by atoms with E-state index in [1.165, 1.54) is 0 Å². The number of benzene rings is 1. The summed E-state index contributed by atoms with van der Waals surface area (Å²) in [6.45, 7) is 2.60. The van der Waals surface area contributed by atoms with Crippen LogP contribution in [0.4, 0.5) is 0 Å². The molecule has 1 rings (SSSR count). The molecule has 1 N–H and O–H groups in total. The zero-order chi connectivity index (χ0) is 12.7. The van der Waals surface area contributed by atoms with Crippen molar-refractivity contribution in [3.8, 4) is 0 Å². The zero-order valence-corrected chi connectivity index (χ0v) is 11.4. The van der Waals surface area contributed by atoms with Crippen LogP contribution in [0.15, 0.2) is 24.3 Å². The maximum atomic E-state index is 11.6. The van der Waals surface area contributed by atoms with Crippen molar-refractivity contribution >= 4 is 29.1 Å². The number of amides is 1. The summed E-state index contributed by atoms with van der Waals surface area (Å²) in [6.07, 6.45) is 2.32. The molecule has 0 aromatic heterocycles. The number of nitrogens with one attached hydrogen (secondary N) is 1. The van der Waals surface area contributed by atoms with Crippen LogP contribution in [0.25, 0.3) is 0 Å². The Kier molecular flexibility index (Phi) is 6.38. The van der Waals surface area contributed by atoms with Gasteiger partial charge in [-0.1, -0.05) is 37.1 Å². The molecule has 94 valence electrons. The highest BCUT2D eigenvalue weighted by Crippen LogP contribution is 2.10. The van der Waals surface area contributed by atoms with Gasteiger partial charge in [0.1, 0.15) is 0 Å². The first-order valence-corrected chi connectivity index (χ1v) is 6.58. The first-order valence-electron chi connectivity index (χ1n) is 5.77. The molecular weight excluding hydrogens is 257 g/mol. The normalized spacial score (nSPS) is 12.2. The van der Waals surface area contributed by atoms with Gasteiger partial charge in [0.2, 0.25) is 5.91 Å². The SMILES string of the molecule is CCCC(Cl)CNC(=O)Cc1ccc(Cl)cc1. The van der Waals surface area contributed by atoms with Gasteiger partial charge in [-0.05, 0) is 24.1 Å². The second-order valence-electron chi connectivity index (χ2n) is 3.99. The van der Waals surface area contributed by atoms with Crippen LogP contribution < -0.4 is 5.32 Å². The van der Waals surface area contributed by atoms with Crippen LogP contribution in [-0.2, 0) is 11.2 Å². The number of carbonyl (C=O) groups is 1. The third-order valence-electron chi connectivity index (χ3n) is 2.40. The molecule has 1 aromatic rings. The summed E-state index contributed by atoms with van der Waals surface area (Å²) >= 11 is 11.8. The first-order chi connectivity index (χ1) is 8.11. The van der Waals surface area contributed by atoms with Crippen LogP contribution in [0.3, 0.4) is 0 Å². The average Bonchev–Trinajstić information content (AvgIpc) is 2.30. The molecule has 0 spiro atoms. The van der Waals surface area contributed by atoms with Gasteiger partial charge >= 0.3 is 0 Å². The minimum atomic E-state index is -0.00549. The maximum absolute atomic E-state index is 11.6. The second-order valence-corrected chi connectivity index (χ2v) is 5.05. The lowest BCUT2D eigenvalue weighted by molar-refractivity contribution is -0.120. The monoisotopic (exact) mass is 273 g/mol. The lowest BCUT2D eigenvalue weighted by Gasteiger charge is -2.09. The van der Waals surface area contributed by atoms with E-state index < -0.39 is 0 Å². The fraction of sp³-hybridized carbons (Fsp3) is 0.462. The predicted octanol–water partition coefficient (Wildman–Crippen LogP) is 3.41. The third-order valence-corrected chi connectivity index (χ3v) is 3.03. The third kappa shape index (κ3) is 5.94. The van der Waals surface area contributed by atoms with E-state index in [0.29, 0.717) is 18.0 Å². The smallest absolute Gasteiger partial charge is 0.224 e. The molecule has 17 heavy (non-hydrogen) atoms. The molecular formula is C13H17Cl2NO. The predicted molar refractivity (Wildman–Crippen MR) is 72.7 cm³/mol. The van der Waals surface area contributed by atoms with E-state index in [-0.39, 0.29) is 11.3 Å². The molecule has 0 saturated carbocycles. The molecule has 0 aliphatic rings. The van der Waals surface area contributed by atoms with Crippen LogP contribution in [0.2, 0.25) is 5.02 Å². The number of hydrogen-bond acceptors (Lipinski definition) is 1. The van der Waals surface area contributed by atoms with Gasteiger partial charge in [-0.15, -0.1) is 11.6 Å². The highest BCUT2D eigenvalue weighted by Gasteiger charge is 2.07. The fourth-order valence-electron chi connectivity index (χ4n) is 1.49. The Hall–Kier alpha value is -0.730. The van der Waals surface area contributed by atoms with Crippen molar-refractivity contribution in [3.05, 3.63) is 34.9 Å². The molecule has 4 heteroatoms. The lowest BCUT2D eigenvalue weighted by atomic mass is 10.1. The summed E-state index contributed by atoms with van der Waals surface area (Å²) in [6, 6.07) is 7.27. The van der Waals surface area contributed by atoms with Crippen molar-refractivity contribution in [2.45, 2.75) is 31.6 Å². The van der Waals surface area contributed by atoms with Gasteiger partial charge in [0.25, 0.3) is 0 Å². The summed E-state index contributed by atoms with van der Waals surface area (Å²) < 4.78 is 0. The van der Waals surface area contributed by atoms with Gasteiger partial charge in [0.05, 0.1) is 11.8 Å². The van der Waals surface area contributed by atoms with Crippen molar-refractivity contribution < 1.29 is 4.79 Å². The summed E-state index contributed by atoms with van der Waals surface area (Å²) in [5.41, 5.74) is 0.952. The highest BCUT2D eigenvalue weighted by molar-refractivity contribution is 6.30. The number of carbonyl (C=O) groups excluding carboxylic acids is 1. The van der Waals surface area contributed by atoms with Crippen LogP contribution >= 0.6 is 23.2 Å². The van der Waals surface area contributed by atoms with Crippen molar-refractivity contribution in [1.29, 1.82) is 0 Å². The standard InChI is InChI=1S/C13H17Cl2NO/c1-2-3-12(15)9-16-13(17)8-10-4-6-11(14)7-5-10/h4-7,12H,2-3,8-9H2,1H3,(H,16,17). The number of hydrogen-bond donors (Lipinski definition) is 1. The molecule has 0 saturated heterocycles. The lowest BCUT2D eigenvalue weighted by Crippen LogP contribution is -2.30. The van der Waals surface area contributed by atoms with Gasteiger partial charge in [-0.2, -0.15) is 0 Å². The molecule has 0 aliphatic carbocycles. The largest absolute Gasteiger partial charge is 0.354 e. The zero-order valence-electron chi connectivity index (χ0n) is 9.88. The maximum Gasteiger partial charge on any atom is 0.224 e. The number of halogens is 2. The van der Waals surface area contributed by atoms with Gasteiger partial charge in [-0.3, -0.25) is 4.79 Å². The molecule has 0 aliphatic heterocycles. The molecule has 1 aromatic carbocycles. The first kappa shape index (κ1) is 14.3. The van der Waals surface area contributed by atoms with Crippen molar-refractivity contribution in [1.82, 2.24) is 5.32 Å². The van der Waals surface area contributed by atoms with E-state index in [9.17, 15) is 4.79 Å². The van der Waals surface area contributed by atoms with Gasteiger partial charge in [0, 0.05) is 11.6 Å². The van der Waals surface area contributed by atoms with Crippen molar-refractivity contribution in [3.63, 3.8) is 0 Å².